The molecule has 0 aliphatic carbocycles. The van der Waals surface area contributed by atoms with Gasteiger partial charge in [-0.1, -0.05) is 12.1 Å². The SMILES string of the molecule is CCOCC(O)COc1cccc(C(C)O)c1. The van der Waals surface area contributed by atoms with Crippen molar-refractivity contribution in [3.05, 3.63) is 29.8 Å². The van der Waals surface area contributed by atoms with E-state index in [0.29, 0.717) is 12.4 Å². The molecule has 0 aliphatic heterocycles. The molecular weight excluding hydrogens is 220 g/mol. The molecule has 2 N–H and O–H groups in total. The largest absolute Gasteiger partial charge is 0.491 e. The summed E-state index contributed by atoms with van der Waals surface area (Å²) in [4.78, 5) is 0. The fraction of sp³-hybridized carbons (Fsp3) is 0.538. The van der Waals surface area contributed by atoms with Gasteiger partial charge in [0, 0.05) is 6.61 Å². The van der Waals surface area contributed by atoms with E-state index in [-0.39, 0.29) is 13.2 Å². The lowest BCUT2D eigenvalue weighted by Gasteiger charge is -2.13. The maximum Gasteiger partial charge on any atom is 0.119 e. The zero-order valence-corrected chi connectivity index (χ0v) is 10.3. The number of ether oxygens (including phenoxy) is 2. The van der Waals surface area contributed by atoms with Gasteiger partial charge in [0.25, 0.3) is 0 Å². The Labute approximate surface area is 102 Å². The Morgan fingerprint density at radius 3 is 2.65 bits per heavy atom. The van der Waals surface area contributed by atoms with Gasteiger partial charge in [-0.25, -0.2) is 0 Å². The monoisotopic (exact) mass is 240 g/mol. The van der Waals surface area contributed by atoms with Gasteiger partial charge in [-0.3, -0.25) is 0 Å². The lowest BCUT2D eigenvalue weighted by molar-refractivity contribution is 0.0164. The summed E-state index contributed by atoms with van der Waals surface area (Å²) >= 11 is 0. The molecule has 1 rings (SSSR count). The molecule has 1 aromatic rings. The Morgan fingerprint density at radius 1 is 1.24 bits per heavy atom. The molecule has 4 nitrogen and oxygen atoms in total. The van der Waals surface area contributed by atoms with Crippen LogP contribution in [-0.2, 0) is 4.74 Å². The third-order valence-electron chi connectivity index (χ3n) is 2.30. The average Bonchev–Trinajstić information content (AvgIpc) is 2.34. The second-order valence-electron chi connectivity index (χ2n) is 3.87. The summed E-state index contributed by atoms with van der Waals surface area (Å²) < 4.78 is 10.5. The van der Waals surface area contributed by atoms with E-state index in [1.807, 2.05) is 19.1 Å². The van der Waals surface area contributed by atoms with E-state index in [2.05, 4.69) is 0 Å². The minimum atomic E-state index is -0.634. The summed E-state index contributed by atoms with van der Waals surface area (Å²) in [6.07, 6.45) is -1.16. The molecule has 0 heterocycles. The summed E-state index contributed by atoms with van der Waals surface area (Å²) in [5.74, 6) is 0.638. The summed E-state index contributed by atoms with van der Waals surface area (Å²) in [5.41, 5.74) is 0.793. The van der Waals surface area contributed by atoms with Gasteiger partial charge >= 0.3 is 0 Å². The number of benzene rings is 1. The van der Waals surface area contributed by atoms with Crippen LogP contribution in [0.25, 0.3) is 0 Å². The molecule has 0 amide bonds. The number of aliphatic hydroxyl groups is 2. The molecule has 17 heavy (non-hydrogen) atoms. The van der Waals surface area contributed by atoms with E-state index in [1.54, 1.807) is 19.1 Å². The maximum absolute atomic E-state index is 9.52. The van der Waals surface area contributed by atoms with E-state index in [1.165, 1.54) is 0 Å². The second-order valence-corrected chi connectivity index (χ2v) is 3.87. The maximum atomic E-state index is 9.52. The summed E-state index contributed by atoms with van der Waals surface area (Å²) in [6, 6.07) is 7.19. The normalized spacial score (nSPS) is 14.4. The fourth-order valence-corrected chi connectivity index (χ4v) is 1.36. The van der Waals surface area contributed by atoms with Crippen molar-refractivity contribution in [2.24, 2.45) is 0 Å². The van der Waals surface area contributed by atoms with Crippen LogP contribution in [0.15, 0.2) is 24.3 Å². The van der Waals surface area contributed by atoms with Crippen LogP contribution in [0.1, 0.15) is 25.5 Å². The molecule has 1 aromatic carbocycles. The Morgan fingerprint density at radius 2 is 2.00 bits per heavy atom. The Balaban J connectivity index is 2.43. The highest BCUT2D eigenvalue weighted by Crippen LogP contribution is 2.18. The van der Waals surface area contributed by atoms with Crippen LogP contribution in [0.3, 0.4) is 0 Å². The van der Waals surface area contributed by atoms with Crippen molar-refractivity contribution in [2.45, 2.75) is 26.1 Å². The van der Waals surface area contributed by atoms with E-state index >= 15 is 0 Å². The van der Waals surface area contributed by atoms with Crippen molar-refractivity contribution in [1.82, 2.24) is 0 Å². The van der Waals surface area contributed by atoms with Gasteiger partial charge in [0.1, 0.15) is 18.5 Å². The van der Waals surface area contributed by atoms with Crippen LogP contribution in [-0.4, -0.2) is 36.1 Å². The second kappa shape index (κ2) is 7.27. The van der Waals surface area contributed by atoms with Crippen molar-refractivity contribution < 1.29 is 19.7 Å². The molecule has 0 saturated heterocycles. The number of aliphatic hydroxyl groups excluding tert-OH is 2. The first kappa shape index (κ1) is 14.0. The predicted molar refractivity (Wildman–Crippen MR) is 65.1 cm³/mol. The highest BCUT2D eigenvalue weighted by atomic mass is 16.5. The zero-order valence-electron chi connectivity index (χ0n) is 10.3. The summed E-state index contributed by atoms with van der Waals surface area (Å²) in [7, 11) is 0. The van der Waals surface area contributed by atoms with Gasteiger partial charge in [-0.15, -0.1) is 0 Å². The van der Waals surface area contributed by atoms with Crippen LogP contribution in [0.2, 0.25) is 0 Å². The Bertz CT molecular complexity index is 325. The summed E-state index contributed by atoms with van der Waals surface area (Å²) in [5, 5.41) is 18.9. The first-order valence-electron chi connectivity index (χ1n) is 5.80. The van der Waals surface area contributed by atoms with E-state index in [9.17, 15) is 10.2 Å². The zero-order chi connectivity index (χ0) is 12.7. The van der Waals surface area contributed by atoms with Gasteiger partial charge in [0.15, 0.2) is 0 Å². The third-order valence-corrected chi connectivity index (χ3v) is 2.30. The molecule has 0 radical (unpaired) electrons. The van der Waals surface area contributed by atoms with Crippen LogP contribution < -0.4 is 4.74 Å². The van der Waals surface area contributed by atoms with Gasteiger partial charge in [0.2, 0.25) is 0 Å². The lowest BCUT2D eigenvalue weighted by Crippen LogP contribution is -2.23. The highest BCUT2D eigenvalue weighted by molar-refractivity contribution is 5.29. The topological polar surface area (TPSA) is 58.9 Å². The fourth-order valence-electron chi connectivity index (χ4n) is 1.36. The predicted octanol–water partition coefficient (Wildman–Crippen LogP) is 1.52. The van der Waals surface area contributed by atoms with Gasteiger partial charge in [-0.2, -0.15) is 0 Å². The molecule has 0 saturated carbocycles. The van der Waals surface area contributed by atoms with Crippen LogP contribution >= 0.6 is 0 Å². The van der Waals surface area contributed by atoms with Crippen LogP contribution in [0, 0.1) is 0 Å². The van der Waals surface area contributed by atoms with Crippen molar-refractivity contribution >= 4 is 0 Å². The minimum Gasteiger partial charge on any atom is -0.491 e. The van der Waals surface area contributed by atoms with Crippen LogP contribution in [0.4, 0.5) is 0 Å². The molecule has 2 unspecified atom stereocenters. The van der Waals surface area contributed by atoms with Crippen molar-refractivity contribution in [3.63, 3.8) is 0 Å². The molecule has 0 bridgehead atoms. The molecule has 0 fully saturated rings. The molecule has 0 aliphatic rings. The first-order chi connectivity index (χ1) is 8.13. The smallest absolute Gasteiger partial charge is 0.119 e. The molecule has 0 aromatic heterocycles. The number of hydrogen-bond donors (Lipinski definition) is 2. The Kier molecular flexibility index (Phi) is 5.97. The van der Waals surface area contributed by atoms with Crippen molar-refractivity contribution in [2.75, 3.05) is 19.8 Å². The molecule has 4 heteroatoms. The van der Waals surface area contributed by atoms with Crippen LogP contribution in [0.5, 0.6) is 5.75 Å². The van der Waals surface area contributed by atoms with Gasteiger partial charge in [-0.05, 0) is 31.5 Å². The lowest BCUT2D eigenvalue weighted by atomic mass is 10.1. The van der Waals surface area contributed by atoms with E-state index < -0.39 is 12.2 Å². The summed E-state index contributed by atoms with van der Waals surface area (Å²) in [6.45, 7) is 4.60. The van der Waals surface area contributed by atoms with E-state index in [4.69, 9.17) is 9.47 Å². The Hall–Kier alpha value is -1.10. The molecular formula is C13H20O4. The minimum absolute atomic E-state index is 0.184. The quantitative estimate of drug-likeness (QED) is 0.758. The third kappa shape index (κ3) is 5.17. The van der Waals surface area contributed by atoms with Crippen molar-refractivity contribution in [3.8, 4) is 5.75 Å². The average molecular weight is 240 g/mol. The molecule has 96 valence electrons. The molecule has 2 atom stereocenters. The number of rotatable bonds is 7. The van der Waals surface area contributed by atoms with Crippen molar-refractivity contribution in [1.29, 1.82) is 0 Å². The van der Waals surface area contributed by atoms with E-state index in [0.717, 1.165) is 5.56 Å². The van der Waals surface area contributed by atoms with Gasteiger partial charge < -0.3 is 19.7 Å². The number of hydrogen-bond acceptors (Lipinski definition) is 4. The standard InChI is InChI=1S/C13H20O4/c1-3-16-8-12(15)9-17-13-6-4-5-11(7-13)10(2)14/h4-7,10,12,14-15H,3,8-9H2,1-2H3. The van der Waals surface area contributed by atoms with Gasteiger partial charge in [0.05, 0.1) is 12.7 Å². The first-order valence-corrected chi connectivity index (χ1v) is 5.80. The highest BCUT2D eigenvalue weighted by Gasteiger charge is 2.06. The molecule has 0 spiro atoms.